The van der Waals surface area contributed by atoms with Crippen molar-refractivity contribution in [3.8, 4) is 0 Å². The monoisotopic (exact) mass is 309 g/mol. The summed E-state index contributed by atoms with van der Waals surface area (Å²) in [6, 6.07) is 2.02. The molecule has 1 saturated heterocycles. The molecule has 0 bridgehead atoms. The summed E-state index contributed by atoms with van der Waals surface area (Å²) in [5.41, 5.74) is 1.15. The largest absolute Gasteiger partial charge is 0.357 e. The molecule has 6 heteroatoms. The van der Waals surface area contributed by atoms with E-state index in [1.807, 2.05) is 24.0 Å². The molecule has 1 aliphatic rings. The van der Waals surface area contributed by atoms with Crippen molar-refractivity contribution in [3.63, 3.8) is 0 Å². The van der Waals surface area contributed by atoms with Gasteiger partial charge in [-0.1, -0.05) is 6.92 Å². The second-order valence-electron chi connectivity index (χ2n) is 5.97. The summed E-state index contributed by atoms with van der Waals surface area (Å²) < 4.78 is 1.88. The van der Waals surface area contributed by atoms with Crippen LogP contribution in [-0.2, 0) is 13.6 Å². The van der Waals surface area contributed by atoms with Crippen molar-refractivity contribution in [2.45, 2.75) is 26.3 Å². The lowest BCUT2D eigenvalue weighted by atomic mass is 10.1. The lowest BCUT2D eigenvalue weighted by molar-refractivity contribution is 0.280. The van der Waals surface area contributed by atoms with Crippen molar-refractivity contribution in [1.29, 1.82) is 0 Å². The van der Waals surface area contributed by atoms with Gasteiger partial charge in [-0.15, -0.1) is 0 Å². The number of rotatable bonds is 6. The summed E-state index contributed by atoms with van der Waals surface area (Å²) in [4.78, 5) is 4.73. The fourth-order valence-corrected chi connectivity index (χ4v) is 3.17. The quantitative estimate of drug-likeness (QED) is 0.805. The van der Waals surface area contributed by atoms with Gasteiger partial charge in [0.15, 0.2) is 5.11 Å². The highest BCUT2D eigenvalue weighted by Gasteiger charge is 2.24. The number of hydrogen-bond acceptors (Lipinski definition) is 3. The predicted molar refractivity (Wildman–Crippen MR) is 90.1 cm³/mol. The van der Waals surface area contributed by atoms with Crippen LogP contribution < -0.4 is 5.32 Å². The number of likely N-dealkylation sites (tertiary alicyclic amines) is 1. The predicted octanol–water partition coefficient (Wildman–Crippen LogP) is 1.46. The highest BCUT2D eigenvalue weighted by molar-refractivity contribution is 7.80. The second-order valence-corrected chi connectivity index (χ2v) is 6.35. The van der Waals surface area contributed by atoms with Crippen LogP contribution in [-0.4, -0.2) is 57.9 Å². The number of nitrogens with one attached hydrogen (secondary N) is 1. The second kappa shape index (κ2) is 7.75. The van der Waals surface area contributed by atoms with Crippen LogP contribution in [0.4, 0.5) is 0 Å². The molecule has 1 aliphatic heterocycles. The fourth-order valence-electron chi connectivity index (χ4n) is 2.93. The van der Waals surface area contributed by atoms with Gasteiger partial charge in [0.2, 0.25) is 0 Å². The number of aryl methyl sites for hydroxylation is 1. The Morgan fingerprint density at radius 1 is 1.57 bits per heavy atom. The van der Waals surface area contributed by atoms with E-state index in [1.54, 1.807) is 0 Å². The van der Waals surface area contributed by atoms with Crippen molar-refractivity contribution < 1.29 is 0 Å². The van der Waals surface area contributed by atoms with Gasteiger partial charge in [0.1, 0.15) is 0 Å². The highest BCUT2D eigenvalue weighted by atomic mass is 32.1. The summed E-state index contributed by atoms with van der Waals surface area (Å²) >= 11 is 5.52. The third-order valence-corrected chi connectivity index (χ3v) is 4.49. The van der Waals surface area contributed by atoms with Crippen molar-refractivity contribution in [2.75, 3.05) is 33.2 Å². The molecular weight excluding hydrogens is 282 g/mol. The standard InChI is InChI=1S/C15H27N5S/c1-4-8-18(2)11-13-6-9-20(12-13)15(21)16-10-14-5-7-17-19(14)3/h5,7,13H,4,6,8-12H2,1-3H3,(H,16,21). The van der Waals surface area contributed by atoms with E-state index in [0.717, 1.165) is 36.4 Å². The summed E-state index contributed by atoms with van der Waals surface area (Å²) in [6.07, 6.45) is 4.27. The number of nitrogens with zero attached hydrogens (tertiary/aromatic N) is 4. The highest BCUT2D eigenvalue weighted by Crippen LogP contribution is 2.17. The van der Waals surface area contributed by atoms with E-state index >= 15 is 0 Å². The molecule has 21 heavy (non-hydrogen) atoms. The zero-order chi connectivity index (χ0) is 15.2. The maximum absolute atomic E-state index is 5.52. The Morgan fingerprint density at radius 3 is 3.05 bits per heavy atom. The molecule has 0 aromatic carbocycles. The van der Waals surface area contributed by atoms with Crippen LogP contribution in [0.15, 0.2) is 12.3 Å². The molecule has 0 spiro atoms. The molecule has 0 amide bonds. The summed E-state index contributed by atoms with van der Waals surface area (Å²) in [5, 5.41) is 8.39. The van der Waals surface area contributed by atoms with E-state index in [2.05, 4.69) is 34.2 Å². The number of thiocarbonyl (C=S) groups is 1. The molecule has 2 rings (SSSR count). The van der Waals surface area contributed by atoms with Gasteiger partial charge < -0.3 is 15.1 Å². The normalized spacial score (nSPS) is 18.5. The third-order valence-electron chi connectivity index (χ3n) is 4.09. The molecule has 5 nitrogen and oxygen atoms in total. The molecule has 1 N–H and O–H groups in total. The maximum Gasteiger partial charge on any atom is 0.169 e. The number of aromatic nitrogens is 2. The van der Waals surface area contributed by atoms with Gasteiger partial charge in [0, 0.05) is 32.9 Å². The fraction of sp³-hybridized carbons (Fsp3) is 0.733. The van der Waals surface area contributed by atoms with Crippen LogP contribution in [0.2, 0.25) is 0 Å². The lowest BCUT2D eigenvalue weighted by Crippen LogP contribution is -2.39. The van der Waals surface area contributed by atoms with E-state index in [1.165, 1.54) is 25.9 Å². The van der Waals surface area contributed by atoms with Crippen LogP contribution >= 0.6 is 12.2 Å². The Labute approximate surface area is 133 Å². The minimum absolute atomic E-state index is 0.734. The average Bonchev–Trinajstić information content (AvgIpc) is 3.06. The van der Waals surface area contributed by atoms with Crippen molar-refractivity contribution in [3.05, 3.63) is 18.0 Å². The molecule has 2 heterocycles. The van der Waals surface area contributed by atoms with Crippen molar-refractivity contribution in [1.82, 2.24) is 24.9 Å². The molecule has 1 aromatic rings. The molecule has 0 aliphatic carbocycles. The average molecular weight is 309 g/mol. The first-order valence-corrected chi connectivity index (χ1v) is 8.19. The maximum atomic E-state index is 5.52. The Kier molecular flexibility index (Phi) is 5.99. The zero-order valence-electron chi connectivity index (χ0n) is 13.4. The Balaban J connectivity index is 1.73. The molecule has 118 valence electrons. The molecular formula is C15H27N5S. The molecule has 1 atom stereocenters. The molecule has 1 aromatic heterocycles. The van der Waals surface area contributed by atoms with Crippen LogP contribution in [0.1, 0.15) is 25.5 Å². The van der Waals surface area contributed by atoms with E-state index in [-0.39, 0.29) is 0 Å². The zero-order valence-corrected chi connectivity index (χ0v) is 14.2. The number of hydrogen-bond donors (Lipinski definition) is 1. The van der Waals surface area contributed by atoms with Gasteiger partial charge in [0.25, 0.3) is 0 Å². The minimum Gasteiger partial charge on any atom is -0.357 e. The van der Waals surface area contributed by atoms with Gasteiger partial charge in [0.05, 0.1) is 12.2 Å². The lowest BCUT2D eigenvalue weighted by Gasteiger charge is -2.23. The Morgan fingerprint density at radius 2 is 2.38 bits per heavy atom. The smallest absolute Gasteiger partial charge is 0.169 e. The SMILES string of the molecule is CCCN(C)CC1CCN(C(=S)NCc2ccnn2C)C1. The topological polar surface area (TPSA) is 36.3 Å². The molecule has 1 unspecified atom stereocenters. The molecule has 1 fully saturated rings. The van der Waals surface area contributed by atoms with Gasteiger partial charge >= 0.3 is 0 Å². The van der Waals surface area contributed by atoms with E-state index < -0.39 is 0 Å². The van der Waals surface area contributed by atoms with Gasteiger partial charge in [-0.25, -0.2) is 0 Å². The molecule has 0 radical (unpaired) electrons. The first kappa shape index (κ1) is 16.2. The van der Waals surface area contributed by atoms with Crippen molar-refractivity contribution >= 4 is 17.3 Å². The first-order chi connectivity index (χ1) is 10.1. The van der Waals surface area contributed by atoms with Gasteiger partial charge in [-0.2, -0.15) is 5.10 Å². The van der Waals surface area contributed by atoms with Crippen LogP contribution in [0, 0.1) is 5.92 Å². The van der Waals surface area contributed by atoms with E-state index in [4.69, 9.17) is 12.2 Å². The molecule has 0 saturated carbocycles. The van der Waals surface area contributed by atoms with Gasteiger partial charge in [-0.3, -0.25) is 4.68 Å². The van der Waals surface area contributed by atoms with E-state index in [0.29, 0.717) is 0 Å². The summed E-state index contributed by atoms with van der Waals surface area (Å²) in [7, 11) is 4.17. The third kappa shape index (κ3) is 4.68. The van der Waals surface area contributed by atoms with E-state index in [9.17, 15) is 0 Å². The van der Waals surface area contributed by atoms with Crippen LogP contribution in [0.5, 0.6) is 0 Å². The van der Waals surface area contributed by atoms with Crippen LogP contribution in [0.25, 0.3) is 0 Å². The Bertz CT molecular complexity index is 459. The first-order valence-electron chi connectivity index (χ1n) is 7.78. The summed E-state index contributed by atoms with van der Waals surface area (Å²) in [6.45, 7) is 7.47. The Hall–Kier alpha value is -1.14. The van der Waals surface area contributed by atoms with Gasteiger partial charge in [-0.05, 0) is 50.6 Å². The minimum atomic E-state index is 0.734. The van der Waals surface area contributed by atoms with Crippen molar-refractivity contribution in [2.24, 2.45) is 13.0 Å². The summed E-state index contributed by atoms with van der Waals surface area (Å²) in [5.74, 6) is 0.734. The van der Waals surface area contributed by atoms with Crippen LogP contribution in [0.3, 0.4) is 0 Å².